The van der Waals surface area contributed by atoms with E-state index in [1.54, 1.807) is 22.9 Å². The first-order chi connectivity index (χ1) is 8.50. The van der Waals surface area contributed by atoms with Crippen LogP contribution < -0.4 is 5.73 Å². The summed E-state index contributed by atoms with van der Waals surface area (Å²) < 4.78 is 1.58. The average molecular weight is 265 g/mol. The molecule has 1 aromatic heterocycles. The standard InChI is InChI=1S/C12H13ClN4O/c1-7(2)17-12(15-6-16-17)11(18)8-3-4-10(14)9(13)5-8/h3-7H,14H2,1-2H3. The van der Waals surface area contributed by atoms with E-state index in [2.05, 4.69) is 10.1 Å². The number of carbonyl (C=O) groups excluding carboxylic acids is 1. The Morgan fingerprint density at radius 3 is 2.78 bits per heavy atom. The second kappa shape index (κ2) is 4.78. The Bertz CT molecular complexity index is 592. The number of nitrogens with zero attached hydrogens (tertiary/aromatic N) is 3. The fourth-order valence-electron chi connectivity index (χ4n) is 1.59. The number of carbonyl (C=O) groups is 1. The zero-order chi connectivity index (χ0) is 13.3. The molecular weight excluding hydrogens is 252 g/mol. The van der Waals surface area contributed by atoms with Crippen molar-refractivity contribution in [3.8, 4) is 0 Å². The highest BCUT2D eigenvalue weighted by atomic mass is 35.5. The maximum absolute atomic E-state index is 12.3. The summed E-state index contributed by atoms with van der Waals surface area (Å²) in [6.07, 6.45) is 1.37. The number of benzene rings is 1. The van der Waals surface area contributed by atoms with Crippen molar-refractivity contribution in [2.45, 2.75) is 19.9 Å². The summed E-state index contributed by atoms with van der Waals surface area (Å²) in [5.74, 6) is 0.0777. The molecule has 1 aromatic carbocycles. The fraction of sp³-hybridized carbons (Fsp3) is 0.250. The minimum Gasteiger partial charge on any atom is -0.398 e. The summed E-state index contributed by atoms with van der Waals surface area (Å²) in [6.45, 7) is 3.86. The second-order valence-corrected chi connectivity index (χ2v) is 4.59. The molecule has 1 heterocycles. The Kier molecular flexibility index (Phi) is 3.34. The zero-order valence-corrected chi connectivity index (χ0v) is 10.8. The Balaban J connectivity index is 2.42. The smallest absolute Gasteiger partial charge is 0.230 e. The molecule has 0 aliphatic heterocycles. The molecule has 6 heteroatoms. The maximum atomic E-state index is 12.3. The van der Waals surface area contributed by atoms with E-state index in [4.69, 9.17) is 17.3 Å². The molecule has 0 spiro atoms. The third-order valence-corrected chi connectivity index (χ3v) is 2.86. The molecule has 0 aliphatic carbocycles. The molecule has 2 rings (SSSR count). The second-order valence-electron chi connectivity index (χ2n) is 4.19. The maximum Gasteiger partial charge on any atom is 0.230 e. The van der Waals surface area contributed by atoms with Crippen molar-refractivity contribution >= 4 is 23.1 Å². The minimum atomic E-state index is -0.219. The summed E-state index contributed by atoms with van der Waals surface area (Å²) >= 11 is 5.90. The van der Waals surface area contributed by atoms with Crippen LogP contribution >= 0.6 is 11.6 Å². The van der Waals surface area contributed by atoms with Crippen LogP contribution in [0.5, 0.6) is 0 Å². The molecule has 0 aliphatic rings. The predicted octanol–water partition coefficient (Wildman–Crippen LogP) is 2.33. The summed E-state index contributed by atoms with van der Waals surface area (Å²) in [6, 6.07) is 4.84. The third-order valence-electron chi connectivity index (χ3n) is 2.53. The normalized spacial score (nSPS) is 10.9. The summed E-state index contributed by atoms with van der Waals surface area (Å²) in [4.78, 5) is 16.3. The van der Waals surface area contributed by atoms with Crippen LogP contribution in [0, 0.1) is 0 Å². The third kappa shape index (κ3) is 2.22. The number of nitrogens with two attached hydrogens (primary N) is 1. The van der Waals surface area contributed by atoms with Crippen molar-refractivity contribution < 1.29 is 4.79 Å². The molecule has 18 heavy (non-hydrogen) atoms. The first-order valence-electron chi connectivity index (χ1n) is 5.50. The lowest BCUT2D eigenvalue weighted by atomic mass is 10.1. The van der Waals surface area contributed by atoms with Crippen LogP contribution in [0.4, 0.5) is 5.69 Å². The number of aromatic nitrogens is 3. The Morgan fingerprint density at radius 1 is 1.44 bits per heavy atom. The number of ketones is 1. The minimum absolute atomic E-state index is 0.0655. The molecule has 0 saturated carbocycles. The van der Waals surface area contributed by atoms with E-state index in [1.807, 2.05) is 13.8 Å². The van der Waals surface area contributed by atoms with Crippen LogP contribution in [0.3, 0.4) is 0 Å². The summed E-state index contributed by atoms with van der Waals surface area (Å²) in [7, 11) is 0. The SMILES string of the molecule is CC(C)n1ncnc1C(=O)c1ccc(N)c(Cl)c1. The van der Waals surface area contributed by atoms with E-state index in [0.29, 0.717) is 22.1 Å². The number of anilines is 1. The number of halogens is 1. The van der Waals surface area contributed by atoms with Gasteiger partial charge >= 0.3 is 0 Å². The molecule has 0 saturated heterocycles. The molecule has 0 bridgehead atoms. The Labute approximate surface area is 110 Å². The predicted molar refractivity (Wildman–Crippen MR) is 69.7 cm³/mol. The van der Waals surface area contributed by atoms with E-state index in [1.165, 1.54) is 6.33 Å². The monoisotopic (exact) mass is 264 g/mol. The van der Waals surface area contributed by atoms with Crippen molar-refractivity contribution in [1.29, 1.82) is 0 Å². The number of hydrogen-bond donors (Lipinski definition) is 1. The molecule has 94 valence electrons. The first kappa shape index (κ1) is 12.6. The lowest BCUT2D eigenvalue weighted by Crippen LogP contribution is -2.14. The van der Waals surface area contributed by atoms with Crippen LogP contribution in [-0.4, -0.2) is 20.5 Å². The topological polar surface area (TPSA) is 73.8 Å². The van der Waals surface area contributed by atoms with Crippen molar-refractivity contribution in [1.82, 2.24) is 14.8 Å². The van der Waals surface area contributed by atoms with Crippen molar-refractivity contribution in [2.24, 2.45) is 0 Å². The quantitative estimate of drug-likeness (QED) is 0.682. The Hall–Kier alpha value is -1.88. The van der Waals surface area contributed by atoms with E-state index >= 15 is 0 Å². The van der Waals surface area contributed by atoms with Gasteiger partial charge in [0, 0.05) is 11.6 Å². The van der Waals surface area contributed by atoms with Crippen LogP contribution in [0.2, 0.25) is 5.02 Å². The number of rotatable bonds is 3. The van der Waals surface area contributed by atoms with Crippen molar-refractivity contribution in [3.05, 3.63) is 40.9 Å². The van der Waals surface area contributed by atoms with Gasteiger partial charge in [0.2, 0.25) is 5.78 Å². The largest absolute Gasteiger partial charge is 0.398 e. The molecule has 0 unspecified atom stereocenters. The molecule has 0 atom stereocenters. The van der Waals surface area contributed by atoms with Gasteiger partial charge in [0.05, 0.1) is 10.7 Å². The highest BCUT2D eigenvalue weighted by Crippen LogP contribution is 2.21. The molecule has 2 aromatic rings. The molecule has 0 radical (unpaired) electrons. The molecule has 5 nitrogen and oxygen atoms in total. The van der Waals surface area contributed by atoms with E-state index in [0.717, 1.165) is 0 Å². The van der Waals surface area contributed by atoms with Crippen LogP contribution in [0.1, 0.15) is 36.1 Å². The van der Waals surface area contributed by atoms with Crippen LogP contribution in [0.25, 0.3) is 0 Å². The number of nitrogen functional groups attached to an aromatic ring is 1. The highest BCUT2D eigenvalue weighted by molar-refractivity contribution is 6.33. The van der Waals surface area contributed by atoms with Crippen molar-refractivity contribution in [3.63, 3.8) is 0 Å². The number of hydrogen-bond acceptors (Lipinski definition) is 4. The van der Waals surface area contributed by atoms with E-state index < -0.39 is 0 Å². The molecule has 0 amide bonds. The van der Waals surface area contributed by atoms with E-state index in [-0.39, 0.29) is 11.8 Å². The zero-order valence-electron chi connectivity index (χ0n) is 10.1. The Morgan fingerprint density at radius 2 is 2.17 bits per heavy atom. The van der Waals surface area contributed by atoms with Gasteiger partial charge in [-0.05, 0) is 32.0 Å². The molecule has 0 fully saturated rings. The lowest BCUT2D eigenvalue weighted by molar-refractivity contribution is 0.102. The van der Waals surface area contributed by atoms with Gasteiger partial charge in [0.25, 0.3) is 0 Å². The average Bonchev–Trinajstić information content (AvgIpc) is 2.81. The molecular formula is C12H13ClN4O. The van der Waals surface area contributed by atoms with Gasteiger partial charge < -0.3 is 5.73 Å². The summed E-state index contributed by atoms with van der Waals surface area (Å²) in [5.41, 5.74) is 6.50. The van der Waals surface area contributed by atoms with Gasteiger partial charge in [0.15, 0.2) is 5.82 Å². The van der Waals surface area contributed by atoms with Gasteiger partial charge in [-0.1, -0.05) is 11.6 Å². The first-order valence-corrected chi connectivity index (χ1v) is 5.87. The van der Waals surface area contributed by atoms with E-state index in [9.17, 15) is 4.79 Å². The van der Waals surface area contributed by atoms with Crippen molar-refractivity contribution in [2.75, 3.05) is 5.73 Å². The summed E-state index contributed by atoms with van der Waals surface area (Å²) in [5, 5.41) is 4.39. The highest BCUT2D eigenvalue weighted by Gasteiger charge is 2.18. The van der Waals surface area contributed by atoms with Gasteiger partial charge in [0.1, 0.15) is 6.33 Å². The van der Waals surface area contributed by atoms with Gasteiger partial charge in [-0.15, -0.1) is 0 Å². The van der Waals surface area contributed by atoms with Crippen LogP contribution in [-0.2, 0) is 0 Å². The van der Waals surface area contributed by atoms with Gasteiger partial charge in [-0.2, -0.15) is 5.10 Å². The molecule has 2 N–H and O–H groups in total. The fourth-order valence-corrected chi connectivity index (χ4v) is 1.77. The van der Waals surface area contributed by atoms with Gasteiger partial charge in [-0.25, -0.2) is 9.67 Å². The van der Waals surface area contributed by atoms with Gasteiger partial charge in [-0.3, -0.25) is 4.79 Å². The lowest BCUT2D eigenvalue weighted by Gasteiger charge is -2.08. The van der Waals surface area contributed by atoms with Crippen LogP contribution in [0.15, 0.2) is 24.5 Å².